The van der Waals surface area contributed by atoms with Gasteiger partial charge in [0.25, 0.3) is 0 Å². The Morgan fingerprint density at radius 2 is 1.62 bits per heavy atom. The summed E-state index contributed by atoms with van der Waals surface area (Å²) in [5, 5.41) is 5.49. The van der Waals surface area contributed by atoms with Gasteiger partial charge in [-0.15, -0.1) is 0 Å². The normalized spacial score (nSPS) is 12.7. The molecule has 0 heterocycles. The standard InChI is InChI=1S/C21H32N2O6/c1-13(2)9-17(21(26)29-6)23-20(25)11-14(3)10-19(24)22-16-8-7-15(27-4)12-18(16)28-5/h7-8,12-14,17H,9-11H2,1-6H3,(H,22,24)(H,23,25)/t14-,17+/m0/s1. The maximum Gasteiger partial charge on any atom is 0.328 e. The number of ether oxygens (including phenoxy) is 3. The van der Waals surface area contributed by atoms with Crippen molar-refractivity contribution in [3.8, 4) is 11.5 Å². The first-order chi connectivity index (χ1) is 13.7. The van der Waals surface area contributed by atoms with E-state index in [0.717, 1.165) is 0 Å². The highest BCUT2D eigenvalue weighted by atomic mass is 16.5. The van der Waals surface area contributed by atoms with Crippen LogP contribution in [0.3, 0.4) is 0 Å². The van der Waals surface area contributed by atoms with Gasteiger partial charge in [-0.2, -0.15) is 0 Å². The van der Waals surface area contributed by atoms with Crippen LogP contribution in [0.2, 0.25) is 0 Å². The maximum atomic E-state index is 12.3. The monoisotopic (exact) mass is 408 g/mol. The van der Waals surface area contributed by atoms with Crippen LogP contribution in [-0.2, 0) is 19.1 Å². The number of anilines is 1. The van der Waals surface area contributed by atoms with Gasteiger partial charge in [0.1, 0.15) is 17.5 Å². The maximum absolute atomic E-state index is 12.3. The molecule has 2 amide bonds. The fraction of sp³-hybridized carbons (Fsp3) is 0.571. The van der Waals surface area contributed by atoms with Crippen LogP contribution >= 0.6 is 0 Å². The zero-order chi connectivity index (χ0) is 22.0. The van der Waals surface area contributed by atoms with Crippen LogP contribution in [0.15, 0.2) is 18.2 Å². The highest BCUT2D eigenvalue weighted by Crippen LogP contribution is 2.29. The summed E-state index contributed by atoms with van der Waals surface area (Å²) in [6.45, 7) is 5.73. The number of nitrogens with one attached hydrogen (secondary N) is 2. The summed E-state index contributed by atoms with van der Waals surface area (Å²) < 4.78 is 15.1. The number of benzene rings is 1. The average Bonchev–Trinajstić information content (AvgIpc) is 2.66. The molecule has 0 aromatic heterocycles. The van der Waals surface area contributed by atoms with E-state index >= 15 is 0 Å². The van der Waals surface area contributed by atoms with Gasteiger partial charge in [0.15, 0.2) is 0 Å². The molecule has 0 fully saturated rings. The zero-order valence-corrected chi connectivity index (χ0v) is 18.0. The van der Waals surface area contributed by atoms with Crippen LogP contribution in [-0.4, -0.2) is 45.2 Å². The Morgan fingerprint density at radius 3 is 2.17 bits per heavy atom. The van der Waals surface area contributed by atoms with Crippen molar-refractivity contribution in [2.45, 2.75) is 46.1 Å². The summed E-state index contributed by atoms with van der Waals surface area (Å²) >= 11 is 0. The summed E-state index contributed by atoms with van der Waals surface area (Å²) in [7, 11) is 4.35. The van der Waals surface area contributed by atoms with Crippen molar-refractivity contribution < 1.29 is 28.6 Å². The van der Waals surface area contributed by atoms with Crippen molar-refractivity contribution in [2.24, 2.45) is 11.8 Å². The first kappa shape index (κ1) is 24.3. The first-order valence-corrected chi connectivity index (χ1v) is 9.59. The quantitative estimate of drug-likeness (QED) is 0.546. The fourth-order valence-corrected chi connectivity index (χ4v) is 2.89. The predicted octanol–water partition coefficient (Wildman–Crippen LogP) is 2.76. The Morgan fingerprint density at radius 1 is 0.966 bits per heavy atom. The SMILES string of the molecule is COC(=O)[C@@H](CC(C)C)NC(=O)C[C@@H](C)CC(=O)Nc1ccc(OC)cc1OC. The van der Waals surface area contributed by atoms with E-state index < -0.39 is 12.0 Å². The number of amides is 2. The molecule has 1 aromatic rings. The Hall–Kier alpha value is -2.77. The highest BCUT2D eigenvalue weighted by molar-refractivity contribution is 5.93. The Kier molecular flexibility index (Phi) is 9.99. The molecular weight excluding hydrogens is 376 g/mol. The lowest BCUT2D eigenvalue weighted by molar-refractivity contribution is -0.145. The summed E-state index contributed by atoms with van der Waals surface area (Å²) in [5.41, 5.74) is 0.526. The van der Waals surface area contributed by atoms with Crippen molar-refractivity contribution in [3.63, 3.8) is 0 Å². The molecule has 1 rings (SSSR count). The Balaban J connectivity index is 2.60. The van der Waals surface area contributed by atoms with Gasteiger partial charge in [0, 0.05) is 18.9 Å². The van der Waals surface area contributed by atoms with Crippen LogP contribution in [0.4, 0.5) is 5.69 Å². The highest BCUT2D eigenvalue weighted by Gasteiger charge is 2.24. The van der Waals surface area contributed by atoms with Crippen LogP contribution in [0.1, 0.15) is 40.0 Å². The number of hydrogen-bond donors (Lipinski definition) is 2. The Bertz CT molecular complexity index is 704. The number of carbonyl (C=O) groups excluding carboxylic acids is 3. The average molecular weight is 408 g/mol. The van der Waals surface area contributed by atoms with Crippen LogP contribution in [0.5, 0.6) is 11.5 Å². The minimum absolute atomic E-state index is 0.124. The van der Waals surface area contributed by atoms with Crippen molar-refractivity contribution >= 4 is 23.5 Å². The number of esters is 1. The summed E-state index contributed by atoms with van der Waals surface area (Å²) in [4.78, 5) is 36.5. The van der Waals surface area contributed by atoms with Gasteiger partial charge in [-0.25, -0.2) is 4.79 Å². The molecule has 8 nitrogen and oxygen atoms in total. The minimum Gasteiger partial charge on any atom is -0.497 e. The molecule has 0 aliphatic heterocycles. The summed E-state index contributed by atoms with van der Waals surface area (Å²) in [6.07, 6.45) is 0.763. The van der Waals surface area contributed by atoms with E-state index in [1.807, 2.05) is 13.8 Å². The second kappa shape index (κ2) is 11.9. The van der Waals surface area contributed by atoms with E-state index in [-0.39, 0.29) is 36.5 Å². The molecule has 0 unspecified atom stereocenters. The van der Waals surface area contributed by atoms with E-state index in [1.54, 1.807) is 32.2 Å². The number of rotatable bonds is 11. The van der Waals surface area contributed by atoms with Crippen LogP contribution in [0.25, 0.3) is 0 Å². The fourth-order valence-electron chi connectivity index (χ4n) is 2.89. The van der Waals surface area contributed by atoms with Crippen molar-refractivity contribution in [1.82, 2.24) is 5.32 Å². The minimum atomic E-state index is -0.683. The third-order valence-corrected chi connectivity index (χ3v) is 4.28. The molecule has 162 valence electrons. The molecule has 0 saturated carbocycles. The van der Waals surface area contributed by atoms with E-state index in [1.165, 1.54) is 14.2 Å². The largest absolute Gasteiger partial charge is 0.497 e. The second-order valence-corrected chi connectivity index (χ2v) is 7.40. The summed E-state index contributed by atoms with van der Waals surface area (Å²) in [6, 6.07) is 4.40. The number of hydrogen-bond acceptors (Lipinski definition) is 6. The third kappa shape index (κ3) is 8.41. The van der Waals surface area contributed by atoms with Crippen molar-refractivity contribution in [3.05, 3.63) is 18.2 Å². The molecule has 2 atom stereocenters. The topological polar surface area (TPSA) is 103 Å². The molecule has 2 N–H and O–H groups in total. The number of methoxy groups -OCH3 is 3. The molecular formula is C21H32N2O6. The molecule has 0 aliphatic carbocycles. The molecule has 29 heavy (non-hydrogen) atoms. The van der Waals surface area contributed by atoms with E-state index in [4.69, 9.17) is 14.2 Å². The first-order valence-electron chi connectivity index (χ1n) is 9.59. The van der Waals surface area contributed by atoms with E-state index in [9.17, 15) is 14.4 Å². The summed E-state index contributed by atoms with van der Waals surface area (Å²) in [5.74, 6) is 0.121. The lowest BCUT2D eigenvalue weighted by Crippen LogP contribution is -2.42. The van der Waals surface area contributed by atoms with E-state index in [2.05, 4.69) is 10.6 Å². The predicted molar refractivity (Wildman–Crippen MR) is 110 cm³/mol. The Labute approximate surface area is 172 Å². The van der Waals surface area contributed by atoms with Gasteiger partial charge in [-0.1, -0.05) is 20.8 Å². The van der Waals surface area contributed by atoms with Gasteiger partial charge in [0.05, 0.1) is 27.0 Å². The van der Waals surface area contributed by atoms with Crippen molar-refractivity contribution in [2.75, 3.05) is 26.6 Å². The van der Waals surface area contributed by atoms with Gasteiger partial charge in [-0.3, -0.25) is 9.59 Å². The van der Waals surface area contributed by atoms with Crippen molar-refractivity contribution in [1.29, 1.82) is 0 Å². The lowest BCUT2D eigenvalue weighted by atomic mass is 10.0. The smallest absolute Gasteiger partial charge is 0.328 e. The molecule has 0 radical (unpaired) electrons. The van der Waals surface area contributed by atoms with Gasteiger partial charge < -0.3 is 24.8 Å². The lowest BCUT2D eigenvalue weighted by Gasteiger charge is -2.19. The molecule has 8 heteroatoms. The van der Waals surface area contributed by atoms with Crippen LogP contribution in [0, 0.1) is 11.8 Å². The second-order valence-electron chi connectivity index (χ2n) is 7.40. The zero-order valence-electron chi connectivity index (χ0n) is 18.0. The molecule has 0 bridgehead atoms. The van der Waals surface area contributed by atoms with Crippen LogP contribution < -0.4 is 20.1 Å². The van der Waals surface area contributed by atoms with Gasteiger partial charge in [0.2, 0.25) is 11.8 Å². The van der Waals surface area contributed by atoms with Gasteiger partial charge >= 0.3 is 5.97 Å². The van der Waals surface area contributed by atoms with Gasteiger partial charge in [-0.05, 0) is 30.4 Å². The number of carbonyl (C=O) groups is 3. The molecule has 1 aromatic carbocycles. The molecule has 0 spiro atoms. The molecule has 0 saturated heterocycles. The third-order valence-electron chi connectivity index (χ3n) is 4.28. The van der Waals surface area contributed by atoms with E-state index in [0.29, 0.717) is 23.6 Å². The molecule has 0 aliphatic rings.